The van der Waals surface area contributed by atoms with Gasteiger partial charge in [0.15, 0.2) is 11.6 Å². The second kappa shape index (κ2) is 12.6. The van der Waals surface area contributed by atoms with Crippen LogP contribution in [0.2, 0.25) is 0 Å². The Labute approximate surface area is 215 Å². The topological polar surface area (TPSA) is 9.23 Å². The fourth-order valence-corrected chi connectivity index (χ4v) is 4.48. The Morgan fingerprint density at radius 2 is 1.32 bits per heavy atom. The van der Waals surface area contributed by atoms with Crippen LogP contribution in [0.5, 0.6) is 5.75 Å². The minimum absolute atomic E-state index is 0.282. The summed E-state index contributed by atoms with van der Waals surface area (Å²) >= 11 is 0. The van der Waals surface area contributed by atoms with Crippen molar-refractivity contribution in [3.63, 3.8) is 0 Å². The number of halogens is 4. The molecule has 0 aliphatic carbocycles. The summed E-state index contributed by atoms with van der Waals surface area (Å²) in [5.74, 6) is -1.64. The predicted molar refractivity (Wildman–Crippen MR) is 141 cm³/mol. The maximum atomic E-state index is 15.2. The van der Waals surface area contributed by atoms with E-state index in [0.717, 1.165) is 42.7 Å². The molecule has 0 aromatic heterocycles. The molecule has 5 heteroatoms. The standard InChI is InChI=1S/C32H30F4O/c1-2-3-4-5-22-6-8-23(9-7-22)10-11-24-13-18-28-27(20-24)17-16-26(31(28)34)15-12-25-14-19-30(29(33)21-25)37-32(35)36/h2-3,6-9,13-14,16-21,32H,4-5,10-12,15H2,1H3/b3-2+. The van der Waals surface area contributed by atoms with E-state index in [9.17, 15) is 13.2 Å². The van der Waals surface area contributed by atoms with Gasteiger partial charge in [0.2, 0.25) is 0 Å². The summed E-state index contributed by atoms with van der Waals surface area (Å²) < 4.78 is 57.9. The molecule has 0 atom stereocenters. The lowest BCUT2D eigenvalue weighted by Gasteiger charge is -2.10. The lowest BCUT2D eigenvalue weighted by molar-refractivity contribution is -0.0522. The van der Waals surface area contributed by atoms with Crippen molar-refractivity contribution in [3.8, 4) is 5.75 Å². The van der Waals surface area contributed by atoms with E-state index in [0.29, 0.717) is 29.4 Å². The minimum Gasteiger partial charge on any atom is -0.432 e. The van der Waals surface area contributed by atoms with Crippen molar-refractivity contribution < 1.29 is 22.3 Å². The number of hydrogen-bond acceptors (Lipinski definition) is 1. The molecule has 0 spiro atoms. The third-order valence-corrected chi connectivity index (χ3v) is 6.55. The molecule has 0 radical (unpaired) electrons. The Balaban J connectivity index is 1.37. The fraction of sp³-hybridized carbons (Fsp3) is 0.250. The SMILES string of the molecule is C/C=C/CCc1ccc(CCc2ccc3c(F)c(CCc4ccc(OC(F)F)c(F)c4)ccc3c2)cc1. The molecule has 192 valence electrons. The predicted octanol–water partition coefficient (Wildman–Crippen LogP) is 8.80. The van der Waals surface area contributed by atoms with Gasteiger partial charge in [-0.05, 0) is 90.8 Å². The first-order chi connectivity index (χ1) is 17.9. The molecule has 0 N–H and O–H groups in total. The number of aryl methyl sites for hydroxylation is 5. The lowest BCUT2D eigenvalue weighted by Crippen LogP contribution is -2.04. The van der Waals surface area contributed by atoms with Gasteiger partial charge in [-0.3, -0.25) is 0 Å². The minimum atomic E-state index is -3.09. The first kappa shape index (κ1) is 26.5. The van der Waals surface area contributed by atoms with Gasteiger partial charge in [-0.25, -0.2) is 8.78 Å². The summed E-state index contributed by atoms with van der Waals surface area (Å²) in [6, 6.07) is 22.1. The van der Waals surface area contributed by atoms with Gasteiger partial charge in [-0.2, -0.15) is 8.78 Å². The Kier molecular flexibility index (Phi) is 8.99. The van der Waals surface area contributed by atoms with Crippen molar-refractivity contribution in [2.75, 3.05) is 0 Å². The number of rotatable bonds is 11. The molecule has 0 unspecified atom stereocenters. The zero-order chi connectivity index (χ0) is 26.2. The van der Waals surface area contributed by atoms with Crippen molar-refractivity contribution in [2.24, 2.45) is 0 Å². The molecule has 37 heavy (non-hydrogen) atoms. The highest BCUT2D eigenvalue weighted by Crippen LogP contribution is 2.26. The number of allylic oxidation sites excluding steroid dienone is 2. The number of alkyl halides is 2. The zero-order valence-electron chi connectivity index (χ0n) is 20.8. The van der Waals surface area contributed by atoms with Crippen LogP contribution in [-0.4, -0.2) is 6.61 Å². The molecule has 0 aliphatic rings. The average molecular weight is 507 g/mol. The van der Waals surface area contributed by atoms with E-state index in [-0.39, 0.29) is 5.82 Å². The summed E-state index contributed by atoms with van der Waals surface area (Å²) in [5.41, 5.74) is 4.88. The van der Waals surface area contributed by atoms with Gasteiger partial charge in [0.1, 0.15) is 5.82 Å². The molecule has 4 rings (SSSR count). The second-order valence-electron chi connectivity index (χ2n) is 9.16. The highest BCUT2D eigenvalue weighted by Gasteiger charge is 2.12. The van der Waals surface area contributed by atoms with Crippen molar-refractivity contribution in [3.05, 3.63) is 124 Å². The zero-order valence-corrected chi connectivity index (χ0v) is 20.8. The molecular weight excluding hydrogens is 476 g/mol. The third-order valence-electron chi connectivity index (χ3n) is 6.55. The van der Waals surface area contributed by atoms with Crippen molar-refractivity contribution >= 4 is 10.8 Å². The smallest absolute Gasteiger partial charge is 0.387 e. The number of hydrogen-bond donors (Lipinski definition) is 0. The molecule has 0 saturated heterocycles. The van der Waals surface area contributed by atoms with E-state index in [4.69, 9.17) is 0 Å². The van der Waals surface area contributed by atoms with Gasteiger partial charge in [-0.1, -0.05) is 72.8 Å². The Morgan fingerprint density at radius 3 is 2.03 bits per heavy atom. The monoisotopic (exact) mass is 506 g/mol. The molecule has 0 saturated carbocycles. The number of fused-ring (bicyclic) bond motifs is 1. The first-order valence-electron chi connectivity index (χ1n) is 12.5. The molecule has 0 amide bonds. The van der Waals surface area contributed by atoms with Crippen LogP contribution in [0, 0.1) is 11.6 Å². The molecule has 0 heterocycles. The van der Waals surface area contributed by atoms with Gasteiger partial charge in [-0.15, -0.1) is 0 Å². The molecular formula is C32H30F4O. The molecule has 1 nitrogen and oxygen atoms in total. The lowest BCUT2D eigenvalue weighted by atomic mass is 9.97. The Bertz CT molecular complexity index is 1360. The van der Waals surface area contributed by atoms with E-state index in [1.165, 1.54) is 23.3 Å². The van der Waals surface area contributed by atoms with E-state index >= 15 is 4.39 Å². The van der Waals surface area contributed by atoms with Crippen LogP contribution in [0.25, 0.3) is 10.8 Å². The van der Waals surface area contributed by atoms with Crippen molar-refractivity contribution in [1.29, 1.82) is 0 Å². The summed E-state index contributed by atoms with van der Waals surface area (Å²) in [7, 11) is 0. The quantitative estimate of drug-likeness (QED) is 0.146. The van der Waals surface area contributed by atoms with Crippen LogP contribution in [-0.2, 0) is 32.1 Å². The van der Waals surface area contributed by atoms with Crippen LogP contribution in [0.3, 0.4) is 0 Å². The molecule has 4 aromatic carbocycles. The normalized spacial score (nSPS) is 11.6. The van der Waals surface area contributed by atoms with Crippen molar-refractivity contribution in [2.45, 2.75) is 52.1 Å². The van der Waals surface area contributed by atoms with E-state index in [1.807, 2.05) is 31.2 Å². The van der Waals surface area contributed by atoms with Crippen LogP contribution < -0.4 is 4.74 Å². The average Bonchev–Trinajstić information content (AvgIpc) is 2.89. The van der Waals surface area contributed by atoms with Gasteiger partial charge in [0.25, 0.3) is 0 Å². The van der Waals surface area contributed by atoms with E-state index in [1.54, 1.807) is 6.07 Å². The summed E-state index contributed by atoms with van der Waals surface area (Å²) in [6.07, 6.45) is 8.87. The Morgan fingerprint density at radius 1 is 0.703 bits per heavy atom. The first-order valence-corrected chi connectivity index (χ1v) is 12.5. The molecule has 0 bridgehead atoms. The maximum Gasteiger partial charge on any atom is 0.387 e. The number of ether oxygens (including phenoxy) is 1. The van der Waals surface area contributed by atoms with Gasteiger partial charge in [0, 0.05) is 5.39 Å². The van der Waals surface area contributed by atoms with Gasteiger partial charge < -0.3 is 4.74 Å². The summed E-state index contributed by atoms with van der Waals surface area (Å²) in [4.78, 5) is 0. The fourth-order valence-electron chi connectivity index (χ4n) is 4.48. The highest BCUT2D eigenvalue weighted by molar-refractivity contribution is 5.84. The summed E-state index contributed by atoms with van der Waals surface area (Å²) in [6.45, 7) is -1.05. The second-order valence-corrected chi connectivity index (χ2v) is 9.16. The third kappa shape index (κ3) is 7.22. The van der Waals surface area contributed by atoms with E-state index in [2.05, 4.69) is 41.2 Å². The van der Waals surface area contributed by atoms with Gasteiger partial charge >= 0.3 is 6.61 Å². The van der Waals surface area contributed by atoms with Crippen molar-refractivity contribution in [1.82, 2.24) is 0 Å². The van der Waals surface area contributed by atoms with Crippen LogP contribution in [0.1, 0.15) is 41.2 Å². The Hall–Kier alpha value is -3.60. The van der Waals surface area contributed by atoms with Crippen LogP contribution in [0.15, 0.2) is 84.9 Å². The maximum absolute atomic E-state index is 15.2. The van der Waals surface area contributed by atoms with Gasteiger partial charge in [0.05, 0.1) is 0 Å². The van der Waals surface area contributed by atoms with Crippen LogP contribution >= 0.6 is 0 Å². The van der Waals surface area contributed by atoms with E-state index < -0.39 is 18.2 Å². The molecule has 0 fully saturated rings. The number of benzene rings is 4. The largest absolute Gasteiger partial charge is 0.432 e. The molecule has 0 aliphatic heterocycles. The van der Waals surface area contributed by atoms with Crippen LogP contribution in [0.4, 0.5) is 17.6 Å². The highest BCUT2D eigenvalue weighted by atomic mass is 19.3. The molecule has 4 aromatic rings. The summed E-state index contributed by atoms with van der Waals surface area (Å²) in [5, 5.41) is 1.40.